The van der Waals surface area contributed by atoms with Crippen LogP contribution in [0.2, 0.25) is 0 Å². The molecule has 0 saturated carbocycles. The zero-order valence-electron chi connectivity index (χ0n) is 8.00. The molecule has 0 radical (unpaired) electrons. The number of hydrogen-bond acceptors (Lipinski definition) is 2. The molecule has 1 aromatic rings. The van der Waals surface area contributed by atoms with Crippen LogP contribution >= 0.6 is 0 Å². The summed E-state index contributed by atoms with van der Waals surface area (Å²) in [5.74, 6) is 0.698. The second-order valence-corrected chi connectivity index (χ2v) is 2.91. The van der Waals surface area contributed by atoms with Crippen molar-refractivity contribution in [3.8, 4) is 11.8 Å². The summed E-state index contributed by atoms with van der Waals surface area (Å²) in [5, 5.41) is 8.87. The molecule has 0 spiro atoms. The monoisotopic (exact) mass is 175 g/mol. The van der Waals surface area contributed by atoms with Crippen LogP contribution in [-0.4, -0.2) is 6.61 Å². The molecule has 2 heteroatoms. The molecule has 0 aromatic heterocycles. The van der Waals surface area contributed by atoms with E-state index in [-0.39, 0.29) is 0 Å². The fourth-order valence-electron chi connectivity index (χ4n) is 1.12. The van der Waals surface area contributed by atoms with Crippen molar-refractivity contribution >= 4 is 0 Å². The molecule has 0 heterocycles. The first-order valence-corrected chi connectivity index (χ1v) is 4.42. The summed E-state index contributed by atoms with van der Waals surface area (Å²) in [6.07, 6.45) is 0.957. The fourth-order valence-corrected chi connectivity index (χ4v) is 1.12. The second kappa shape index (κ2) is 4.51. The number of aryl methyl sites for hydroxylation is 1. The SMILES string of the molecule is CCCOc1cccc(C)c1C#N. The van der Waals surface area contributed by atoms with Gasteiger partial charge in [-0.3, -0.25) is 0 Å². The first kappa shape index (κ1) is 9.60. The molecule has 1 rings (SSSR count). The van der Waals surface area contributed by atoms with Crippen molar-refractivity contribution in [3.63, 3.8) is 0 Å². The highest BCUT2D eigenvalue weighted by molar-refractivity contribution is 5.48. The maximum absolute atomic E-state index is 8.87. The van der Waals surface area contributed by atoms with Crippen LogP contribution in [0.15, 0.2) is 18.2 Å². The highest BCUT2D eigenvalue weighted by Gasteiger charge is 2.04. The highest BCUT2D eigenvalue weighted by atomic mass is 16.5. The van der Waals surface area contributed by atoms with Gasteiger partial charge < -0.3 is 4.74 Å². The van der Waals surface area contributed by atoms with Gasteiger partial charge in [0.1, 0.15) is 11.8 Å². The summed E-state index contributed by atoms with van der Waals surface area (Å²) in [6, 6.07) is 7.80. The molecule has 0 aliphatic carbocycles. The Morgan fingerprint density at radius 2 is 2.23 bits per heavy atom. The van der Waals surface area contributed by atoms with Crippen molar-refractivity contribution < 1.29 is 4.74 Å². The molecular formula is C11H13NO. The largest absolute Gasteiger partial charge is 0.492 e. The minimum atomic E-state index is 0.649. The molecule has 0 saturated heterocycles. The number of ether oxygens (including phenoxy) is 1. The number of nitriles is 1. The van der Waals surface area contributed by atoms with Gasteiger partial charge in [0, 0.05) is 0 Å². The van der Waals surface area contributed by atoms with Crippen molar-refractivity contribution in [1.82, 2.24) is 0 Å². The standard InChI is InChI=1S/C11H13NO/c1-3-7-13-11-6-4-5-9(2)10(11)8-12/h4-6H,3,7H2,1-2H3. The van der Waals surface area contributed by atoms with E-state index in [4.69, 9.17) is 10.00 Å². The molecule has 0 bridgehead atoms. The van der Waals surface area contributed by atoms with Crippen LogP contribution < -0.4 is 4.74 Å². The third-order valence-electron chi connectivity index (χ3n) is 1.81. The highest BCUT2D eigenvalue weighted by Crippen LogP contribution is 2.20. The van der Waals surface area contributed by atoms with Gasteiger partial charge in [-0.15, -0.1) is 0 Å². The predicted molar refractivity (Wildman–Crippen MR) is 51.7 cm³/mol. The van der Waals surface area contributed by atoms with Crippen LogP contribution in [0.1, 0.15) is 24.5 Å². The van der Waals surface area contributed by atoms with E-state index < -0.39 is 0 Å². The van der Waals surface area contributed by atoms with Crippen LogP contribution in [0.3, 0.4) is 0 Å². The third kappa shape index (κ3) is 2.22. The van der Waals surface area contributed by atoms with E-state index in [2.05, 4.69) is 6.07 Å². The van der Waals surface area contributed by atoms with Crippen LogP contribution in [-0.2, 0) is 0 Å². The van der Waals surface area contributed by atoms with E-state index in [0.29, 0.717) is 17.9 Å². The zero-order valence-corrected chi connectivity index (χ0v) is 8.00. The Bertz CT molecular complexity index is 325. The summed E-state index contributed by atoms with van der Waals surface area (Å²) < 4.78 is 5.44. The van der Waals surface area contributed by atoms with E-state index in [9.17, 15) is 0 Å². The quantitative estimate of drug-likeness (QED) is 0.707. The molecule has 2 nitrogen and oxygen atoms in total. The molecular weight excluding hydrogens is 162 g/mol. The van der Waals surface area contributed by atoms with Crippen LogP contribution in [0, 0.1) is 18.3 Å². The summed E-state index contributed by atoms with van der Waals surface area (Å²) in [6.45, 7) is 4.62. The van der Waals surface area contributed by atoms with E-state index in [1.807, 2.05) is 32.0 Å². The van der Waals surface area contributed by atoms with E-state index >= 15 is 0 Å². The maximum Gasteiger partial charge on any atom is 0.137 e. The van der Waals surface area contributed by atoms with E-state index in [1.54, 1.807) is 0 Å². The van der Waals surface area contributed by atoms with Crippen molar-refractivity contribution in [3.05, 3.63) is 29.3 Å². The first-order chi connectivity index (χ1) is 6.29. The molecule has 0 unspecified atom stereocenters. The van der Waals surface area contributed by atoms with Crippen molar-refractivity contribution in [1.29, 1.82) is 5.26 Å². The predicted octanol–water partition coefficient (Wildman–Crippen LogP) is 2.66. The molecule has 0 amide bonds. The summed E-state index contributed by atoms with van der Waals surface area (Å²) in [5.41, 5.74) is 1.62. The number of benzene rings is 1. The molecule has 0 aliphatic heterocycles. The number of nitrogens with zero attached hydrogens (tertiary/aromatic N) is 1. The second-order valence-electron chi connectivity index (χ2n) is 2.91. The van der Waals surface area contributed by atoms with Gasteiger partial charge in [-0.05, 0) is 25.0 Å². The van der Waals surface area contributed by atoms with Crippen LogP contribution in [0.5, 0.6) is 5.75 Å². The normalized spacial score (nSPS) is 9.31. The Hall–Kier alpha value is -1.49. The Labute approximate surface area is 78.8 Å². The molecule has 68 valence electrons. The first-order valence-electron chi connectivity index (χ1n) is 4.42. The van der Waals surface area contributed by atoms with Crippen LogP contribution in [0.4, 0.5) is 0 Å². The summed E-state index contributed by atoms with van der Waals surface area (Å²) in [7, 11) is 0. The average Bonchev–Trinajstić information content (AvgIpc) is 2.15. The Kier molecular flexibility index (Phi) is 3.33. The van der Waals surface area contributed by atoms with Gasteiger partial charge in [-0.25, -0.2) is 0 Å². The van der Waals surface area contributed by atoms with Gasteiger partial charge in [0.25, 0.3) is 0 Å². The van der Waals surface area contributed by atoms with Crippen LogP contribution in [0.25, 0.3) is 0 Å². The Morgan fingerprint density at radius 3 is 2.85 bits per heavy atom. The fraction of sp³-hybridized carbons (Fsp3) is 0.364. The molecule has 0 atom stereocenters. The molecule has 1 aromatic carbocycles. The average molecular weight is 175 g/mol. The lowest BCUT2D eigenvalue weighted by Gasteiger charge is -2.07. The lowest BCUT2D eigenvalue weighted by atomic mass is 10.1. The Balaban J connectivity index is 2.93. The summed E-state index contributed by atoms with van der Waals surface area (Å²) >= 11 is 0. The topological polar surface area (TPSA) is 33.0 Å². The lowest BCUT2D eigenvalue weighted by Crippen LogP contribution is -1.98. The van der Waals surface area contributed by atoms with Crippen molar-refractivity contribution in [2.45, 2.75) is 20.3 Å². The number of hydrogen-bond donors (Lipinski definition) is 0. The smallest absolute Gasteiger partial charge is 0.137 e. The minimum Gasteiger partial charge on any atom is -0.492 e. The van der Waals surface area contributed by atoms with Crippen molar-refractivity contribution in [2.24, 2.45) is 0 Å². The molecule has 0 fully saturated rings. The molecule has 13 heavy (non-hydrogen) atoms. The minimum absolute atomic E-state index is 0.649. The zero-order chi connectivity index (χ0) is 9.68. The van der Waals surface area contributed by atoms with Gasteiger partial charge in [0.2, 0.25) is 0 Å². The third-order valence-corrected chi connectivity index (χ3v) is 1.81. The van der Waals surface area contributed by atoms with E-state index in [1.165, 1.54) is 0 Å². The van der Waals surface area contributed by atoms with Gasteiger partial charge >= 0.3 is 0 Å². The molecule has 0 N–H and O–H groups in total. The lowest BCUT2D eigenvalue weighted by molar-refractivity contribution is 0.316. The van der Waals surface area contributed by atoms with E-state index in [0.717, 1.165) is 12.0 Å². The van der Waals surface area contributed by atoms with Gasteiger partial charge in [0.15, 0.2) is 0 Å². The van der Waals surface area contributed by atoms with Gasteiger partial charge in [-0.2, -0.15) is 5.26 Å². The Morgan fingerprint density at radius 1 is 1.46 bits per heavy atom. The number of rotatable bonds is 3. The van der Waals surface area contributed by atoms with Crippen molar-refractivity contribution in [2.75, 3.05) is 6.61 Å². The summed E-state index contributed by atoms with van der Waals surface area (Å²) in [4.78, 5) is 0. The molecule has 0 aliphatic rings. The van der Waals surface area contributed by atoms with Gasteiger partial charge in [-0.1, -0.05) is 19.1 Å². The maximum atomic E-state index is 8.87. The van der Waals surface area contributed by atoms with Gasteiger partial charge in [0.05, 0.1) is 12.2 Å².